The fourth-order valence-electron chi connectivity index (χ4n) is 3.82. The van der Waals surface area contributed by atoms with Gasteiger partial charge in [-0.2, -0.15) is 30.3 Å². The van der Waals surface area contributed by atoms with Gasteiger partial charge in [-0.1, -0.05) is 69.7 Å². The zero-order valence-electron chi connectivity index (χ0n) is 15.0. The normalized spacial score (nSPS) is 20.4. The van der Waals surface area contributed by atoms with Crippen LogP contribution in [0.2, 0.25) is 0 Å². The molecule has 1 aliphatic carbocycles. The molecule has 0 unspecified atom stereocenters. The molecule has 0 spiro atoms. The maximum atomic E-state index is 3.08. The largest absolute Gasteiger partial charge is 3.00 e. The van der Waals surface area contributed by atoms with E-state index in [2.05, 4.69) is 49.4 Å². The minimum Gasteiger partial charge on any atom is -0.184 e. The van der Waals surface area contributed by atoms with Gasteiger partial charge >= 0.3 is 32.7 Å². The maximum absolute atomic E-state index is 3.08. The van der Waals surface area contributed by atoms with E-state index in [1.807, 2.05) is 12.1 Å². The van der Waals surface area contributed by atoms with Gasteiger partial charge in [-0.3, -0.25) is 0 Å². The van der Waals surface area contributed by atoms with Crippen LogP contribution < -0.4 is 0 Å². The number of rotatable bonds is 6. The zero-order chi connectivity index (χ0) is 15.9. The predicted octanol–water partition coefficient (Wildman–Crippen LogP) is 6.69. The van der Waals surface area contributed by atoms with Crippen LogP contribution in [0.25, 0.3) is 11.1 Å². The van der Waals surface area contributed by atoms with Crippen LogP contribution in [0.15, 0.2) is 48.5 Å². The molecule has 0 N–H and O–H groups in total. The number of hydrogen-bond acceptors (Lipinski definition) is 0. The average molecular weight is 394 g/mol. The van der Waals surface area contributed by atoms with Gasteiger partial charge in [0.25, 0.3) is 0 Å². The molecule has 0 atom stereocenters. The van der Waals surface area contributed by atoms with E-state index >= 15 is 0 Å². The SMILES string of the molecule is CC1CCC(CCCCc2ccc(-c3cc[c-]cc3)cc2)CC1.[Y+3]. The van der Waals surface area contributed by atoms with E-state index in [0.717, 1.165) is 11.8 Å². The summed E-state index contributed by atoms with van der Waals surface area (Å²) in [5, 5.41) is 0. The van der Waals surface area contributed by atoms with Crippen molar-refractivity contribution in [3.8, 4) is 11.1 Å². The van der Waals surface area contributed by atoms with Gasteiger partial charge in [0.05, 0.1) is 0 Å². The summed E-state index contributed by atoms with van der Waals surface area (Å²) in [5.74, 6) is 2.00. The Hall–Kier alpha value is -0.456. The molecule has 0 nitrogen and oxygen atoms in total. The van der Waals surface area contributed by atoms with Crippen molar-refractivity contribution < 1.29 is 32.7 Å². The molecule has 0 aliphatic heterocycles. The molecule has 1 saturated carbocycles. The second-order valence-corrected chi connectivity index (χ2v) is 7.36. The van der Waals surface area contributed by atoms with E-state index in [1.165, 1.54) is 68.1 Å². The van der Waals surface area contributed by atoms with Crippen molar-refractivity contribution in [3.63, 3.8) is 0 Å². The van der Waals surface area contributed by atoms with Crippen LogP contribution in [0.4, 0.5) is 0 Å². The van der Waals surface area contributed by atoms with Crippen molar-refractivity contribution in [2.24, 2.45) is 11.8 Å². The Morgan fingerprint density at radius 1 is 0.833 bits per heavy atom. The molecule has 0 heterocycles. The van der Waals surface area contributed by atoms with Crippen LogP contribution in [0.1, 0.15) is 57.4 Å². The van der Waals surface area contributed by atoms with E-state index in [4.69, 9.17) is 0 Å². The summed E-state index contributed by atoms with van der Waals surface area (Å²) < 4.78 is 0. The molecule has 1 aliphatic rings. The van der Waals surface area contributed by atoms with Crippen molar-refractivity contribution in [1.29, 1.82) is 0 Å². The Morgan fingerprint density at radius 3 is 2.12 bits per heavy atom. The van der Waals surface area contributed by atoms with Crippen LogP contribution in [-0.2, 0) is 39.1 Å². The smallest absolute Gasteiger partial charge is 0.184 e. The number of benzene rings is 2. The number of aryl methyl sites for hydroxylation is 1. The molecule has 3 rings (SSSR count). The number of unbranched alkanes of at least 4 members (excludes halogenated alkanes) is 1. The van der Waals surface area contributed by atoms with Gasteiger partial charge in [-0.05, 0) is 35.8 Å². The summed E-state index contributed by atoms with van der Waals surface area (Å²) in [4.78, 5) is 0. The summed E-state index contributed by atoms with van der Waals surface area (Å²) in [6, 6.07) is 20.4. The molecular weight excluding hydrogens is 365 g/mol. The summed E-state index contributed by atoms with van der Waals surface area (Å²) in [6.07, 6.45) is 11.3. The summed E-state index contributed by atoms with van der Waals surface area (Å²) >= 11 is 0. The van der Waals surface area contributed by atoms with Crippen molar-refractivity contribution >= 4 is 0 Å². The Kier molecular flexibility index (Phi) is 8.70. The average Bonchev–Trinajstić information content (AvgIpc) is 2.62. The molecule has 1 heteroatoms. The van der Waals surface area contributed by atoms with Gasteiger partial charge < -0.3 is 0 Å². The molecule has 0 radical (unpaired) electrons. The molecular formula is C23H29Y+2. The molecule has 2 aromatic rings. The van der Waals surface area contributed by atoms with Crippen molar-refractivity contribution in [1.82, 2.24) is 0 Å². The van der Waals surface area contributed by atoms with Gasteiger partial charge in [-0.25, -0.2) is 0 Å². The van der Waals surface area contributed by atoms with Crippen LogP contribution in [-0.4, -0.2) is 0 Å². The second-order valence-electron chi connectivity index (χ2n) is 7.36. The molecule has 0 amide bonds. The van der Waals surface area contributed by atoms with Gasteiger partial charge in [0, 0.05) is 0 Å². The predicted molar refractivity (Wildman–Crippen MR) is 99.4 cm³/mol. The first kappa shape index (κ1) is 19.9. The minimum absolute atomic E-state index is 0. The van der Waals surface area contributed by atoms with E-state index < -0.39 is 0 Å². The van der Waals surface area contributed by atoms with Crippen LogP contribution in [0.3, 0.4) is 0 Å². The quantitative estimate of drug-likeness (QED) is 0.378. The van der Waals surface area contributed by atoms with E-state index in [0.29, 0.717) is 0 Å². The fourth-order valence-corrected chi connectivity index (χ4v) is 3.82. The molecule has 0 bridgehead atoms. The van der Waals surface area contributed by atoms with E-state index in [-0.39, 0.29) is 32.7 Å². The first-order chi connectivity index (χ1) is 11.3. The first-order valence-electron chi connectivity index (χ1n) is 9.36. The fraction of sp³-hybridized carbons (Fsp3) is 0.478. The Morgan fingerprint density at radius 2 is 1.46 bits per heavy atom. The van der Waals surface area contributed by atoms with E-state index in [1.54, 1.807) is 0 Å². The molecule has 0 aromatic heterocycles. The summed E-state index contributed by atoms with van der Waals surface area (Å²) in [6.45, 7) is 2.41. The van der Waals surface area contributed by atoms with Crippen molar-refractivity contribution in [2.75, 3.05) is 0 Å². The monoisotopic (exact) mass is 394 g/mol. The molecule has 0 saturated heterocycles. The standard InChI is InChI=1S/C23H29.Y/c1-19-11-13-20(14-12-19)7-5-6-8-21-15-17-23(18-16-21)22-9-3-2-4-10-22;/h3-4,9-10,15-20H,5-8,11-14H2,1H3;/q-1;+3. The van der Waals surface area contributed by atoms with Crippen molar-refractivity contribution in [2.45, 2.75) is 58.3 Å². The first-order valence-corrected chi connectivity index (χ1v) is 9.36. The Bertz CT molecular complexity index is 565. The van der Waals surface area contributed by atoms with Gasteiger partial charge in [0.15, 0.2) is 0 Å². The topological polar surface area (TPSA) is 0 Å². The van der Waals surface area contributed by atoms with Crippen LogP contribution in [0, 0.1) is 17.9 Å². The zero-order valence-corrected chi connectivity index (χ0v) is 17.8. The van der Waals surface area contributed by atoms with Gasteiger partial charge in [0.2, 0.25) is 0 Å². The van der Waals surface area contributed by atoms with Crippen LogP contribution >= 0.6 is 0 Å². The summed E-state index contributed by atoms with van der Waals surface area (Å²) in [7, 11) is 0. The summed E-state index contributed by atoms with van der Waals surface area (Å²) in [5.41, 5.74) is 4.06. The van der Waals surface area contributed by atoms with Gasteiger partial charge in [0.1, 0.15) is 0 Å². The third-order valence-corrected chi connectivity index (χ3v) is 5.47. The Labute approximate surface area is 173 Å². The molecule has 2 aromatic carbocycles. The third kappa shape index (κ3) is 6.12. The van der Waals surface area contributed by atoms with Crippen molar-refractivity contribution in [3.05, 3.63) is 60.2 Å². The number of hydrogen-bond donors (Lipinski definition) is 0. The molecule has 1 fully saturated rings. The minimum atomic E-state index is 0. The second kappa shape index (κ2) is 10.5. The Balaban J connectivity index is 0.00000208. The third-order valence-electron chi connectivity index (χ3n) is 5.47. The maximum Gasteiger partial charge on any atom is 3.00 e. The van der Waals surface area contributed by atoms with E-state index in [9.17, 15) is 0 Å². The molecule has 24 heavy (non-hydrogen) atoms. The van der Waals surface area contributed by atoms with Crippen LogP contribution in [0.5, 0.6) is 0 Å². The van der Waals surface area contributed by atoms with Gasteiger partial charge in [-0.15, -0.1) is 5.56 Å². The molecule has 122 valence electrons.